The lowest BCUT2D eigenvalue weighted by molar-refractivity contribution is -0.124. The van der Waals surface area contributed by atoms with Crippen LogP contribution in [-0.4, -0.2) is 23.6 Å². The molecular formula is C20H19N3O3. The van der Waals surface area contributed by atoms with E-state index in [1.807, 2.05) is 12.1 Å². The van der Waals surface area contributed by atoms with Crippen LogP contribution in [0.5, 0.6) is 0 Å². The first kappa shape index (κ1) is 18.9. The molecule has 0 spiro atoms. The highest BCUT2D eigenvalue weighted by Gasteiger charge is 2.17. The van der Waals surface area contributed by atoms with E-state index < -0.39 is 6.04 Å². The number of nitrogens with zero attached hydrogens (tertiary/aromatic N) is 1. The van der Waals surface area contributed by atoms with Crippen molar-refractivity contribution >= 4 is 23.3 Å². The molecule has 1 atom stereocenters. The molecule has 2 amide bonds. The van der Waals surface area contributed by atoms with Crippen LogP contribution in [0.1, 0.15) is 35.7 Å². The average Bonchev–Trinajstić information content (AvgIpc) is 2.66. The van der Waals surface area contributed by atoms with Gasteiger partial charge in [0.15, 0.2) is 5.78 Å². The first-order valence-electron chi connectivity index (χ1n) is 8.18. The monoisotopic (exact) mass is 349 g/mol. The van der Waals surface area contributed by atoms with Gasteiger partial charge in [-0.05, 0) is 25.1 Å². The van der Waals surface area contributed by atoms with E-state index in [9.17, 15) is 14.4 Å². The lowest BCUT2D eigenvalue weighted by Gasteiger charge is -2.13. The summed E-state index contributed by atoms with van der Waals surface area (Å²) in [7, 11) is 0. The molecule has 2 rings (SSSR count). The normalized spacial score (nSPS) is 11.1. The first-order chi connectivity index (χ1) is 12.5. The highest BCUT2D eigenvalue weighted by Crippen LogP contribution is 2.10. The molecule has 0 saturated heterocycles. The van der Waals surface area contributed by atoms with Crippen LogP contribution in [0.15, 0.2) is 54.6 Å². The van der Waals surface area contributed by atoms with Gasteiger partial charge in [-0.3, -0.25) is 14.4 Å². The number of carbonyl (C=O) groups is 3. The second-order valence-corrected chi connectivity index (χ2v) is 5.76. The zero-order valence-corrected chi connectivity index (χ0v) is 14.4. The summed E-state index contributed by atoms with van der Waals surface area (Å²) >= 11 is 0. The fraction of sp³-hybridized carbons (Fsp3) is 0.200. The molecular weight excluding hydrogens is 330 g/mol. The Bertz CT molecular complexity index is 841. The van der Waals surface area contributed by atoms with Gasteiger partial charge in [-0.2, -0.15) is 5.26 Å². The van der Waals surface area contributed by atoms with Crippen molar-refractivity contribution in [2.45, 2.75) is 25.8 Å². The number of nitriles is 1. The topological polar surface area (TPSA) is 99.1 Å². The zero-order chi connectivity index (χ0) is 18.9. The maximum absolute atomic E-state index is 12.2. The molecule has 0 heterocycles. The largest absolute Gasteiger partial charge is 0.346 e. The highest BCUT2D eigenvalue weighted by atomic mass is 16.2. The van der Waals surface area contributed by atoms with Crippen LogP contribution in [0.4, 0.5) is 5.69 Å². The Morgan fingerprint density at radius 3 is 2.38 bits per heavy atom. The van der Waals surface area contributed by atoms with Crippen molar-refractivity contribution < 1.29 is 14.4 Å². The Morgan fingerprint density at radius 1 is 1.00 bits per heavy atom. The number of hydrogen-bond acceptors (Lipinski definition) is 4. The van der Waals surface area contributed by atoms with Crippen molar-refractivity contribution in [3.05, 3.63) is 65.7 Å². The van der Waals surface area contributed by atoms with Crippen LogP contribution in [0.25, 0.3) is 0 Å². The molecule has 132 valence electrons. The van der Waals surface area contributed by atoms with Gasteiger partial charge in [-0.15, -0.1) is 0 Å². The number of nitrogens with one attached hydrogen (secondary N) is 2. The first-order valence-corrected chi connectivity index (χ1v) is 8.18. The smallest absolute Gasteiger partial charge is 0.224 e. The predicted molar refractivity (Wildman–Crippen MR) is 97.4 cm³/mol. The van der Waals surface area contributed by atoms with Crippen molar-refractivity contribution in [3.8, 4) is 6.07 Å². The predicted octanol–water partition coefficient (Wildman–Crippen LogP) is 2.66. The molecule has 0 aliphatic rings. The van der Waals surface area contributed by atoms with Crippen LogP contribution < -0.4 is 10.6 Å². The van der Waals surface area contributed by atoms with Gasteiger partial charge in [0.05, 0.1) is 17.7 Å². The third-order valence-corrected chi connectivity index (χ3v) is 3.68. The van der Waals surface area contributed by atoms with Crippen LogP contribution >= 0.6 is 0 Å². The Hall–Kier alpha value is -3.46. The van der Waals surface area contributed by atoms with E-state index in [4.69, 9.17) is 5.26 Å². The van der Waals surface area contributed by atoms with E-state index in [-0.39, 0.29) is 30.4 Å². The summed E-state index contributed by atoms with van der Waals surface area (Å²) in [6.07, 6.45) is -0.0505. The van der Waals surface area contributed by atoms with Crippen LogP contribution in [0.3, 0.4) is 0 Å². The molecule has 0 aliphatic heterocycles. The Morgan fingerprint density at radius 2 is 1.69 bits per heavy atom. The molecule has 0 aromatic heterocycles. The van der Waals surface area contributed by atoms with Gasteiger partial charge in [0.25, 0.3) is 0 Å². The fourth-order valence-corrected chi connectivity index (χ4v) is 2.35. The van der Waals surface area contributed by atoms with E-state index >= 15 is 0 Å². The summed E-state index contributed by atoms with van der Waals surface area (Å²) in [5.41, 5.74) is 1.46. The van der Waals surface area contributed by atoms with Crippen molar-refractivity contribution in [1.82, 2.24) is 5.32 Å². The minimum atomic E-state index is -0.666. The number of benzene rings is 2. The van der Waals surface area contributed by atoms with Gasteiger partial charge >= 0.3 is 0 Å². The van der Waals surface area contributed by atoms with Gasteiger partial charge in [0.1, 0.15) is 0 Å². The molecule has 2 aromatic carbocycles. The lowest BCUT2D eigenvalue weighted by atomic mass is 10.1. The quantitative estimate of drug-likeness (QED) is 0.751. The Labute approximate surface area is 151 Å². The number of Topliss-reactive ketones (excluding diaryl/α,β-unsaturated/α-hetero) is 1. The van der Waals surface area contributed by atoms with Gasteiger partial charge in [-0.25, -0.2) is 0 Å². The van der Waals surface area contributed by atoms with E-state index in [1.165, 1.54) is 0 Å². The average molecular weight is 349 g/mol. The van der Waals surface area contributed by atoms with Crippen LogP contribution in [0, 0.1) is 11.3 Å². The summed E-state index contributed by atoms with van der Waals surface area (Å²) in [4.78, 5) is 36.1. The lowest BCUT2D eigenvalue weighted by Crippen LogP contribution is -2.38. The summed E-state index contributed by atoms with van der Waals surface area (Å²) in [6, 6.07) is 16.5. The SMILES string of the molecule is C[C@H](NC(=O)CCC(=O)Nc1cccc(C#N)c1)C(=O)c1ccccc1. The number of ketones is 1. The molecule has 6 heteroatoms. The van der Waals surface area contributed by atoms with Gasteiger partial charge in [0.2, 0.25) is 11.8 Å². The molecule has 2 aromatic rings. The van der Waals surface area contributed by atoms with E-state index in [1.54, 1.807) is 55.5 Å². The van der Waals surface area contributed by atoms with E-state index in [2.05, 4.69) is 10.6 Å². The number of rotatable bonds is 7. The summed E-state index contributed by atoms with van der Waals surface area (Å²) in [5, 5.41) is 14.1. The number of hydrogen-bond donors (Lipinski definition) is 2. The molecule has 0 aliphatic carbocycles. The molecule has 0 saturated carbocycles. The maximum Gasteiger partial charge on any atom is 0.224 e. The Balaban J connectivity index is 1.79. The standard InChI is InChI=1S/C20H19N3O3/c1-14(20(26)16-7-3-2-4-8-16)22-18(24)10-11-19(25)23-17-9-5-6-15(12-17)13-21/h2-9,12,14H,10-11H2,1H3,(H,22,24)(H,23,25)/t14-/m0/s1. The maximum atomic E-state index is 12.2. The molecule has 0 fully saturated rings. The Kier molecular flexibility index (Phi) is 6.63. The van der Waals surface area contributed by atoms with Crippen LogP contribution in [-0.2, 0) is 9.59 Å². The number of amides is 2. The summed E-state index contributed by atoms with van der Waals surface area (Å²) in [6.45, 7) is 1.61. The minimum Gasteiger partial charge on any atom is -0.346 e. The van der Waals surface area contributed by atoms with Gasteiger partial charge < -0.3 is 10.6 Å². The van der Waals surface area contributed by atoms with Crippen molar-refractivity contribution in [1.29, 1.82) is 5.26 Å². The molecule has 0 unspecified atom stereocenters. The minimum absolute atomic E-state index is 0.0190. The summed E-state index contributed by atoms with van der Waals surface area (Å²) < 4.78 is 0. The van der Waals surface area contributed by atoms with Crippen LogP contribution in [0.2, 0.25) is 0 Å². The van der Waals surface area contributed by atoms with Gasteiger partial charge in [0, 0.05) is 24.1 Å². The number of carbonyl (C=O) groups excluding carboxylic acids is 3. The third-order valence-electron chi connectivity index (χ3n) is 3.68. The molecule has 0 bridgehead atoms. The molecule has 2 N–H and O–H groups in total. The summed E-state index contributed by atoms with van der Waals surface area (Å²) in [5.74, 6) is -0.892. The molecule has 0 radical (unpaired) electrons. The fourth-order valence-electron chi connectivity index (χ4n) is 2.35. The van der Waals surface area contributed by atoms with E-state index in [0.717, 1.165) is 0 Å². The molecule has 26 heavy (non-hydrogen) atoms. The van der Waals surface area contributed by atoms with Crippen molar-refractivity contribution in [3.63, 3.8) is 0 Å². The van der Waals surface area contributed by atoms with Crippen molar-refractivity contribution in [2.75, 3.05) is 5.32 Å². The second kappa shape index (κ2) is 9.14. The molecule has 6 nitrogen and oxygen atoms in total. The van der Waals surface area contributed by atoms with Gasteiger partial charge in [-0.1, -0.05) is 36.4 Å². The number of anilines is 1. The third kappa shape index (κ3) is 5.56. The van der Waals surface area contributed by atoms with Crippen molar-refractivity contribution in [2.24, 2.45) is 0 Å². The zero-order valence-electron chi connectivity index (χ0n) is 14.4. The second-order valence-electron chi connectivity index (χ2n) is 5.76. The van der Waals surface area contributed by atoms with E-state index in [0.29, 0.717) is 16.8 Å². The highest BCUT2D eigenvalue weighted by molar-refractivity contribution is 6.02.